The van der Waals surface area contributed by atoms with Gasteiger partial charge in [-0.05, 0) is 72.7 Å². The van der Waals surface area contributed by atoms with Crippen LogP contribution < -0.4 is 0 Å². The number of rotatable bonds is 1. The van der Waals surface area contributed by atoms with Gasteiger partial charge in [0.05, 0.1) is 19.3 Å². The van der Waals surface area contributed by atoms with Gasteiger partial charge in [-0.1, -0.05) is 41.2 Å². The zero-order valence-corrected chi connectivity index (χ0v) is 20.2. The standard InChI is InChI=1S/C26H40O5/c1-14-23(5)13-16-22(4)11-10-17(27)21(2,3)15(22)9-12-24(16,6)26(14,20(29)30-8)19-25(7,31-19)18(23)28/h15-19,27-28H,1,9-13H2,2-8H3/t15?,16?,17-,18?,19?,22-,23-,24+,25?,26+/m0/s1. The van der Waals surface area contributed by atoms with E-state index in [1.54, 1.807) is 0 Å². The number of carbonyl (C=O) groups is 1. The minimum Gasteiger partial charge on any atom is -0.468 e. The molecule has 5 rings (SSSR count). The van der Waals surface area contributed by atoms with E-state index in [9.17, 15) is 15.0 Å². The van der Waals surface area contributed by atoms with Gasteiger partial charge in [-0.3, -0.25) is 4.79 Å². The molecule has 10 atom stereocenters. The number of aliphatic hydroxyl groups excluding tert-OH is 2. The number of methoxy groups -OCH3 is 1. The van der Waals surface area contributed by atoms with E-state index in [1.165, 1.54) is 7.11 Å². The van der Waals surface area contributed by atoms with Gasteiger partial charge in [-0.25, -0.2) is 0 Å². The third-order valence-electron chi connectivity index (χ3n) is 11.6. The zero-order valence-electron chi connectivity index (χ0n) is 20.2. The molecule has 0 aromatic heterocycles. The average Bonchev–Trinajstić information content (AvgIpc) is 3.39. The minimum absolute atomic E-state index is 0.0423. The van der Waals surface area contributed by atoms with Gasteiger partial charge in [0, 0.05) is 5.41 Å². The van der Waals surface area contributed by atoms with Crippen LogP contribution in [0.5, 0.6) is 0 Å². The van der Waals surface area contributed by atoms with E-state index in [4.69, 9.17) is 9.47 Å². The highest BCUT2D eigenvalue weighted by Crippen LogP contribution is 2.81. The van der Waals surface area contributed by atoms with Crippen molar-refractivity contribution in [2.24, 2.45) is 38.9 Å². The van der Waals surface area contributed by atoms with Crippen molar-refractivity contribution in [3.05, 3.63) is 12.2 Å². The molecular weight excluding hydrogens is 392 g/mol. The Bertz CT molecular complexity index is 866. The molecule has 1 aliphatic heterocycles. The fourth-order valence-corrected chi connectivity index (χ4v) is 9.75. The minimum atomic E-state index is -0.957. The summed E-state index contributed by atoms with van der Waals surface area (Å²) in [6, 6.07) is 0. The molecule has 5 nitrogen and oxygen atoms in total. The van der Waals surface area contributed by atoms with E-state index in [0.29, 0.717) is 5.92 Å². The Morgan fingerprint density at radius 2 is 1.71 bits per heavy atom. The molecule has 0 spiro atoms. The first-order valence-corrected chi connectivity index (χ1v) is 12.0. The molecule has 5 unspecified atom stereocenters. The summed E-state index contributed by atoms with van der Waals surface area (Å²) in [5.74, 6) is 0.299. The molecule has 1 heterocycles. The van der Waals surface area contributed by atoms with Crippen LogP contribution in [0.4, 0.5) is 0 Å². The topological polar surface area (TPSA) is 79.3 Å². The number of ether oxygens (including phenoxy) is 2. The van der Waals surface area contributed by atoms with E-state index < -0.39 is 28.6 Å². The van der Waals surface area contributed by atoms with Crippen LogP contribution in [-0.2, 0) is 14.3 Å². The van der Waals surface area contributed by atoms with Gasteiger partial charge in [0.1, 0.15) is 17.1 Å². The van der Waals surface area contributed by atoms with Crippen molar-refractivity contribution in [3.8, 4) is 0 Å². The van der Waals surface area contributed by atoms with Crippen LogP contribution in [0.15, 0.2) is 12.2 Å². The van der Waals surface area contributed by atoms with Crippen LogP contribution in [0.1, 0.15) is 73.6 Å². The summed E-state index contributed by atoms with van der Waals surface area (Å²) in [6.45, 7) is 17.6. The summed E-state index contributed by atoms with van der Waals surface area (Å²) < 4.78 is 11.7. The SMILES string of the molecule is C=C1[C@]2(C(=O)OC)C3OC3(C)C(O)[C@@]1(C)CC1[C@@]3(C)CC[C@H](O)C(C)(C)C3CC[C@]12C. The van der Waals surface area contributed by atoms with Gasteiger partial charge in [-0.2, -0.15) is 0 Å². The highest BCUT2D eigenvalue weighted by molar-refractivity contribution is 5.85. The second-order valence-corrected chi connectivity index (χ2v) is 12.9. The largest absolute Gasteiger partial charge is 0.468 e. The highest BCUT2D eigenvalue weighted by Gasteiger charge is 2.86. The van der Waals surface area contributed by atoms with Gasteiger partial charge in [-0.15, -0.1) is 0 Å². The average molecular weight is 433 g/mol. The second kappa shape index (κ2) is 5.77. The number of esters is 1. The molecule has 2 N–H and O–H groups in total. The summed E-state index contributed by atoms with van der Waals surface area (Å²) >= 11 is 0. The number of fused-ring (bicyclic) bond motifs is 8. The first-order chi connectivity index (χ1) is 14.2. The summed E-state index contributed by atoms with van der Waals surface area (Å²) in [5, 5.41) is 22.4. The smallest absolute Gasteiger partial charge is 0.319 e. The summed E-state index contributed by atoms with van der Waals surface area (Å²) in [7, 11) is 1.47. The predicted molar refractivity (Wildman–Crippen MR) is 117 cm³/mol. The third kappa shape index (κ3) is 2.05. The van der Waals surface area contributed by atoms with Gasteiger partial charge in [0.15, 0.2) is 0 Å². The Labute approximate surface area is 186 Å². The van der Waals surface area contributed by atoms with Crippen molar-refractivity contribution in [2.75, 3.05) is 7.11 Å². The molecule has 5 heteroatoms. The maximum atomic E-state index is 13.8. The lowest BCUT2D eigenvalue weighted by Gasteiger charge is -2.72. The Hall–Kier alpha value is -0.910. The van der Waals surface area contributed by atoms with Gasteiger partial charge in [0.2, 0.25) is 0 Å². The van der Waals surface area contributed by atoms with Crippen molar-refractivity contribution in [1.29, 1.82) is 0 Å². The second-order valence-electron chi connectivity index (χ2n) is 12.9. The molecule has 5 fully saturated rings. The zero-order chi connectivity index (χ0) is 23.0. The number of hydrogen-bond acceptors (Lipinski definition) is 5. The number of hydrogen-bond donors (Lipinski definition) is 2. The van der Waals surface area contributed by atoms with E-state index in [0.717, 1.165) is 37.7 Å². The van der Waals surface area contributed by atoms with E-state index >= 15 is 0 Å². The molecule has 174 valence electrons. The van der Waals surface area contributed by atoms with Crippen LogP contribution in [0.3, 0.4) is 0 Å². The molecule has 2 bridgehead atoms. The van der Waals surface area contributed by atoms with Crippen molar-refractivity contribution < 1.29 is 24.5 Å². The molecule has 5 aliphatic rings. The molecule has 1 saturated heterocycles. The number of carbonyl (C=O) groups excluding carboxylic acids is 1. The number of epoxide rings is 1. The fraction of sp³-hybridized carbons (Fsp3) is 0.885. The monoisotopic (exact) mass is 432 g/mol. The first-order valence-electron chi connectivity index (χ1n) is 12.0. The van der Waals surface area contributed by atoms with Crippen LogP contribution in [0.2, 0.25) is 0 Å². The van der Waals surface area contributed by atoms with E-state index in [2.05, 4.69) is 41.2 Å². The molecular formula is C26H40O5. The summed E-state index contributed by atoms with van der Waals surface area (Å²) in [6.07, 6.45) is 2.90. The van der Waals surface area contributed by atoms with Gasteiger partial charge < -0.3 is 19.7 Å². The molecule has 0 amide bonds. The molecule has 0 radical (unpaired) electrons. The summed E-state index contributed by atoms with van der Waals surface area (Å²) in [4.78, 5) is 13.8. The lowest BCUT2D eigenvalue weighted by molar-refractivity contribution is -0.237. The third-order valence-corrected chi connectivity index (χ3v) is 11.6. The van der Waals surface area contributed by atoms with Crippen LogP contribution in [-0.4, -0.2) is 47.2 Å². The molecule has 4 saturated carbocycles. The Morgan fingerprint density at radius 1 is 1.06 bits per heavy atom. The predicted octanol–water partition coefficient (Wildman–Crippen LogP) is 3.86. The Balaban J connectivity index is 1.74. The molecule has 0 aromatic rings. The van der Waals surface area contributed by atoms with Crippen molar-refractivity contribution in [3.63, 3.8) is 0 Å². The van der Waals surface area contributed by atoms with Crippen LogP contribution in [0.25, 0.3) is 0 Å². The van der Waals surface area contributed by atoms with Crippen molar-refractivity contribution in [1.82, 2.24) is 0 Å². The number of aliphatic hydroxyl groups is 2. The van der Waals surface area contributed by atoms with E-state index in [1.807, 2.05) is 6.92 Å². The van der Waals surface area contributed by atoms with Gasteiger partial charge in [0.25, 0.3) is 0 Å². The molecule has 31 heavy (non-hydrogen) atoms. The quantitative estimate of drug-likeness (QED) is 0.374. The van der Waals surface area contributed by atoms with Crippen molar-refractivity contribution in [2.45, 2.75) is 97.6 Å². The lowest BCUT2D eigenvalue weighted by atomic mass is 9.30. The van der Waals surface area contributed by atoms with Gasteiger partial charge >= 0.3 is 5.97 Å². The highest BCUT2D eigenvalue weighted by atomic mass is 16.6. The normalized spacial score (nSPS) is 59.1. The van der Waals surface area contributed by atoms with Crippen molar-refractivity contribution >= 4 is 5.97 Å². The first kappa shape index (κ1) is 21.9. The fourth-order valence-electron chi connectivity index (χ4n) is 9.75. The maximum Gasteiger partial charge on any atom is 0.319 e. The Kier molecular flexibility index (Phi) is 4.08. The van der Waals surface area contributed by atoms with E-state index in [-0.39, 0.29) is 34.2 Å². The maximum absolute atomic E-state index is 13.8. The Morgan fingerprint density at radius 3 is 2.32 bits per heavy atom. The summed E-state index contributed by atoms with van der Waals surface area (Å²) in [5.41, 5.74) is -2.11. The molecule has 0 aromatic carbocycles. The van der Waals surface area contributed by atoms with Crippen LogP contribution >= 0.6 is 0 Å². The molecule has 4 aliphatic carbocycles. The van der Waals surface area contributed by atoms with Crippen LogP contribution in [0, 0.1) is 38.9 Å². The lowest BCUT2D eigenvalue weighted by Crippen LogP contribution is -2.73.